The number of nitrogens with two attached hydrogens (primary N) is 1. The maximum absolute atomic E-state index is 14.5. The number of amides is 6. The number of rotatable bonds is 12. The molecule has 2 heterocycles. The quantitative estimate of drug-likeness (QED) is 0.0988. The van der Waals surface area contributed by atoms with E-state index in [4.69, 9.17) is 5.73 Å². The van der Waals surface area contributed by atoms with Crippen LogP contribution in [0.25, 0.3) is 10.9 Å². The number of fused-ring (bicyclic) bond motifs is 1. The van der Waals surface area contributed by atoms with Crippen LogP contribution < -0.4 is 32.3 Å². The van der Waals surface area contributed by atoms with E-state index < -0.39 is 77.6 Å². The fourth-order valence-electron chi connectivity index (χ4n) is 7.41. The third-order valence-electron chi connectivity index (χ3n) is 11.0. The molecule has 15 heteroatoms. The number of aromatic hydroxyl groups is 1. The third-order valence-corrected chi connectivity index (χ3v) is 11.0. The second kappa shape index (κ2) is 21.2. The van der Waals surface area contributed by atoms with Crippen LogP contribution in [-0.2, 0) is 48.0 Å². The standard InChI is InChI=1S/C45H58N8O7/c1-5-33-45(60)53(4)38(24-28-13-7-6-8-14-28)43(58)52-39(27(2)3)44(59)49-35(17-11-12-22-46)40(55)51-37(25-30-26-47-34-16-10-9-15-32(30)34)42(57)50-36(41(56)48-33)23-29-18-20-31(54)21-19-29/h6-10,13-16,18-21,26-27,33,35-39,47,54H,5,11-12,17,22-25,46H2,1-4H3,(H,48,56)(H,49,59)(H,50,57)(H,51,55)(H,52,58)/t33-,35+,36-,37-,38-,39-/m1/s1. The van der Waals surface area contributed by atoms with Gasteiger partial charge in [0.25, 0.3) is 0 Å². The van der Waals surface area contributed by atoms with Crippen LogP contribution in [-0.4, -0.2) is 100 Å². The highest BCUT2D eigenvalue weighted by atomic mass is 16.3. The molecule has 4 aromatic rings. The van der Waals surface area contributed by atoms with E-state index in [2.05, 4.69) is 31.6 Å². The minimum absolute atomic E-state index is 0.0139. The molecule has 1 aliphatic heterocycles. The maximum atomic E-state index is 14.5. The Balaban J connectivity index is 1.58. The zero-order valence-electron chi connectivity index (χ0n) is 34.7. The summed E-state index contributed by atoms with van der Waals surface area (Å²) in [7, 11) is 1.48. The second-order valence-corrected chi connectivity index (χ2v) is 15.8. The molecule has 0 unspecified atom stereocenters. The number of phenols is 1. The van der Waals surface area contributed by atoms with Crippen molar-refractivity contribution in [2.75, 3.05) is 13.6 Å². The van der Waals surface area contributed by atoms with E-state index in [1.54, 1.807) is 39.1 Å². The summed E-state index contributed by atoms with van der Waals surface area (Å²) in [6, 6.07) is 15.9. The molecule has 320 valence electrons. The zero-order valence-corrected chi connectivity index (χ0v) is 34.7. The molecule has 15 nitrogen and oxygen atoms in total. The number of H-pyrrole nitrogens is 1. The van der Waals surface area contributed by atoms with E-state index in [1.807, 2.05) is 54.6 Å². The minimum Gasteiger partial charge on any atom is -0.508 e. The number of carbonyl (C=O) groups excluding carboxylic acids is 6. The van der Waals surface area contributed by atoms with Gasteiger partial charge in [0.2, 0.25) is 35.4 Å². The van der Waals surface area contributed by atoms with E-state index in [0.717, 1.165) is 22.0 Å². The first-order chi connectivity index (χ1) is 28.8. The van der Waals surface area contributed by atoms with E-state index >= 15 is 0 Å². The molecule has 0 radical (unpaired) electrons. The fraction of sp³-hybridized carbons (Fsp3) is 0.422. The molecular weight excluding hydrogens is 765 g/mol. The first kappa shape index (κ1) is 44.9. The van der Waals surface area contributed by atoms with Gasteiger partial charge in [-0.25, -0.2) is 0 Å². The number of hydrogen-bond donors (Lipinski definition) is 8. The first-order valence-electron chi connectivity index (χ1n) is 20.6. The number of hydrogen-bond acceptors (Lipinski definition) is 8. The number of phenolic OH excluding ortho intramolecular Hbond substituents is 1. The van der Waals surface area contributed by atoms with Crippen molar-refractivity contribution < 1.29 is 33.9 Å². The Morgan fingerprint density at radius 2 is 1.23 bits per heavy atom. The van der Waals surface area contributed by atoms with Gasteiger partial charge in [-0.05, 0) is 73.0 Å². The lowest BCUT2D eigenvalue weighted by Gasteiger charge is -2.33. The highest BCUT2D eigenvalue weighted by Gasteiger charge is 2.38. The van der Waals surface area contributed by atoms with Crippen LogP contribution in [0.1, 0.15) is 63.1 Å². The van der Waals surface area contributed by atoms with Crippen molar-refractivity contribution in [2.24, 2.45) is 11.7 Å². The maximum Gasteiger partial charge on any atom is 0.245 e. The molecule has 1 aromatic heterocycles. The summed E-state index contributed by atoms with van der Waals surface area (Å²) in [4.78, 5) is 90.5. The number of unbranched alkanes of at least 4 members (excludes halogenated alkanes) is 1. The van der Waals surface area contributed by atoms with Gasteiger partial charge >= 0.3 is 0 Å². The van der Waals surface area contributed by atoms with E-state index in [9.17, 15) is 33.9 Å². The normalized spacial score (nSPS) is 22.7. The van der Waals surface area contributed by atoms with Gasteiger partial charge in [-0.1, -0.05) is 81.4 Å². The lowest BCUT2D eigenvalue weighted by atomic mass is 9.98. The van der Waals surface area contributed by atoms with Crippen LogP contribution in [0, 0.1) is 5.92 Å². The smallest absolute Gasteiger partial charge is 0.245 e. The van der Waals surface area contributed by atoms with E-state index in [-0.39, 0.29) is 37.9 Å². The number of likely N-dealkylation sites (N-methyl/N-ethyl adjacent to an activating group) is 1. The highest BCUT2D eigenvalue weighted by molar-refractivity contribution is 5.98. The highest BCUT2D eigenvalue weighted by Crippen LogP contribution is 2.21. The largest absolute Gasteiger partial charge is 0.508 e. The molecule has 3 aromatic carbocycles. The first-order valence-corrected chi connectivity index (χ1v) is 20.6. The van der Waals surface area contributed by atoms with Crippen molar-refractivity contribution in [3.8, 4) is 5.75 Å². The van der Waals surface area contributed by atoms with Crippen LogP contribution >= 0.6 is 0 Å². The number of aromatic amines is 1. The number of nitrogens with zero attached hydrogens (tertiary/aromatic N) is 1. The van der Waals surface area contributed by atoms with Gasteiger partial charge < -0.3 is 47.3 Å². The van der Waals surface area contributed by atoms with Crippen molar-refractivity contribution in [2.45, 2.75) is 102 Å². The summed E-state index contributed by atoms with van der Waals surface area (Å²) >= 11 is 0. The Labute approximate surface area is 350 Å². The van der Waals surface area contributed by atoms with Gasteiger partial charge in [0.15, 0.2) is 0 Å². The summed E-state index contributed by atoms with van der Waals surface area (Å²) in [6.45, 7) is 5.61. The van der Waals surface area contributed by atoms with Gasteiger partial charge in [-0.3, -0.25) is 28.8 Å². The minimum atomic E-state index is -1.24. The summed E-state index contributed by atoms with van der Waals surface area (Å²) < 4.78 is 0. The Morgan fingerprint density at radius 1 is 0.650 bits per heavy atom. The topological polar surface area (TPSA) is 228 Å². The number of nitrogens with one attached hydrogen (secondary N) is 6. The van der Waals surface area contributed by atoms with Crippen LogP contribution in [0.5, 0.6) is 5.75 Å². The van der Waals surface area contributed by atoms with Crippen molar-refractivity contribution in [3.63, 3.8) is 0 Å². The van der Waals surface area contributed by atoms with Crippen LogP contribution in [0.3, 0.4) is 0 Å². The summed E-state index contributed by atoms with van der Waals surface area (Å²) in [5.41, 5.74) is 8.71. The van der Waals surface area contributed by atoms with Gasteiger partial charge in [0, 0.05) is 43.4 Å². The van der Waals surface area contributed by atoms with E-state index in [0.29, 0.717) is 24.9 Å². The molecule has 5 rings (SSSR count). The fourth-order valence-corrected chi connectivity index (χ4v) is 7.41. The molecule has 60 heavy (non-hydrogen) atoms. The lowest BCUT2D eigenvalue weighted by Crippen LogP contribution is -2.62. The van der Waals surface area contributed by atoms with Gasteiger partial charge in [-0.2, -0.15) is 0 Å². The number of para-hydroxylation sites is 1. The SMILES string of the molecule is CC[C@H]1NC(=O)[C@@H](Cc2ccc(O)cc2)NC(=O)[C@@H](Cc2c[nH]c3ccccc23)NC(=O)[C@H](CCCCN)NC(=O)[C@@H](C(C)C)NC(=O)[C@@H](Cc2ccccc2)N(C)C1=O. The second-order valence-electron chi connectivity index (χ2n) is 15.8. The molecule has 9 N–H and O–H groups in total. The summed E-state index contributed by atoms with van der Waals surface area (Å²) in [5.74, 6) is -4.14. The van der Waals surface area contributed by atoms with Crippen LogP contribution in [0.4, 0.5) is 0 Å². The Kier molecular flexibility index (Phi) is 15.8. The van der Waals surface area contributed by atoms with Crippen molar-refractivity contribution in [1.82, 2.24) is 36.5 Å². The average molecular weight is 823 g/mol. The number of benzene rings is 3. The van der Waals surface area contributed by atoms with Crippen molar-refractivity contribution >= 4 is 46.3 Å². The molecular formula is C45H58N8O7. The molecule has 0 bridgehead atoms. The van der Waals surface area contributed by atoms with Crippen molar-refractivity contribution in [3.05, 3.63) is 102 Å². The van der Waals surface area contributed by atoms with Crippen molar-refractivity contribution in [1.29, 1.82) is 0 Å². The van der Waals surface area contributed by atoms with Crippen LogP contribution in [0.15, 0.2) is 85.1 Å². The molecule has 6 amide bonds. The molecule has 0 aliphatic carbocycles. The summed E-state index contributed by atoms with van der Waals surface area (Å²) in [6.07, 6.45) is 3.23. The molecule has 0 saturated carbocycles. The molecule has 0 spiro atoms. The zero-order chi connectivity index (χ0) is 43.3. The predicted molar refractivity (Wildman–Crippen MR) is 228 cm³/mol. The molecule has 1 fully saturated rings. The summed E-state index contributed by atoms with van der Waals surface area (Å²) in [5, 5.41) is 25.1. The lowest BCUT2D eigenvalue weighted by molar-refractivity contribution is -0.143. The molecule has 6 atom stereocenters. The van der Waals surface area contributed by atoms with Gasteiger partial charge in [0.05, 0.1) is 0 Å². The monoisotopic (exact) mass is 822 g/mol. The Morgan fingerprint density at radius 3 is 1.88 bits per heavy atom. The van der Waals surface area contributed by atoms with Gasteiger partial charge in [-0.15, -0.1) is 0 Å². The molecule has 1 saturated heterocycles. The third kappa shape index (κ3) is 11.7. The van der Waals surface area contributed by atoms with Gasteiger partial charge in [0.1, 0.15) is 42.0 Å². The number of carbonyl (C=O) groups is 6. The molecule has 1 aliphatic rings. The number of aromatic nitrogens is 1. The predicted octanol–water partition coefficient (Wildman–Crippen LogP) is 2.36. The average Bonchev–Trinajstić information content (AvgIpc) is 3.65. The van der Waals surface area contributed by atoms with Crippen LogP contribution in [0.2, 0.25) is 0 Å². The Hall–Kier alpha value is -6.22. The Bertz CT molecular complexity index is 2100. The van der Waals surface area contributed by atoms with E-state index in [1.165, 1.54) is 24.1 Å².